The van der Waals surface area contributed by atoms with Crippen molar-refractivity contribution in [3.8, 4) is 0 Å². The maximum absolute atomic E-state index is 12.2. The third-order valence-corrected chi connectivity index (χ3v) is 17.7. The number of hydrogen-bond donors (Lipinski definition) is 8. The Kier molecular flexibility index (Phi) is 9.95. The Labute approximate surface area is 325 Å². The Morgan fingerprint density at radius 2 is 1.47 bits per heavy atom. The highest BCUT2D eigenvalue weighted by Gasteiger charge is 2.79. The van der Waals surface area contributed by atoms with Crippen molar-refractivity contribution in [1.82, 2.24) is 0 Å². The first-order valence-electron chi connectivity index (χ1n) is 20.9. The third-order valence-electron chi connectivity index (χ3n) is 17.7. The molecule has 8 N–H and O–H groups in total. The van der Waals surface area contributed by atoms with Gasteiger partial charge >= 0.3 is 0 Å². The highest BCUT2D eigenvalue weighted by Crippen LogP contribution is 2.80. The maximum Gasteiger partial charge on any atom is 0.187 e. The molecule has 0 amide bonds. The summed E-state index contributed by atoms with van der Waals surface area (Å²) in [6.07, 6.45) is -3.37. The van der Waals surface area contributed by atoms with Crippen LogP contribution in [0.15, 0.2) is 12.2 Å². The quantitative estimate of drug-likeness (QED) is 0.143. The molecule has 13 nitrogen and oxygen atoms in total. The average Bonchev–Trinajstić information content (AvgIpc) is 3.41. The molecule has 0 aromatic carbocycles. The van der Waals surface area contributed by atoms with E-state index in [2.05, 4.69) is 53.7 Å². The maximum atomic E-state index is 12.2. The van der Waals surface area contributed by atoms with Crippen LogP contribution in [0.2, 0.25) is 0 Å². The standard InChI is InChI=1S/C42H68O13/c1-21-28(46)33(55-34-31(49)30(48)29(47)23(17-43)54-34)32(50)35(52-21)53-22-8-10-38(5)24-9-11-42-26-15-36(2,3)12-13-41(26,20-51-42)27(45)16-40(42,7)39(24,6)18-37(4,19-44)25(38)14-22/h9,11,21-35,43-50H,8,10,12-20H2,1-7H3/t21-,22-,23+,24+,25+,26-,27+,28+,29+,30-,31+,32-,33+,34-,35+,37+,38+,39+,40-,41+,42-/m0/s1. The van der Waals surface area contributed by atoms with Gasteiger partial charge in [-0.3, -0.25) is 0 Å². The molecule has 3 aliphatic heterocycles. The number of fused-ring (bicyclic) bond motifs is 4. The summed E-state index contributed by atoms with van der Waals surface area (Å²) in [4.78, 5) is 0. The molecule has 5 aliphatic carbocycles. The minimum Gasteiger partial charge on any atom is -0.396 e. The minimum absolute atomic E-state index is 0.0142. The van der Waals surface area contributed by atoms with E-state index in [1.54, 1.807) is 6.92 Å². The van der Waals surface area contributed by atoms with Crippen LogP contribution in [0.3, 0.4) is 0 Å². The van der Waals surface area contributed by atoms with Gasteiger partial charge in [-0.15, -0.1) is 0 Å². The Bertz CT molecular complexity index is 1490. The van der Waals surface area contributed by atoms with Crippen molar-refractivity contribution in [1.29, 1.82) is 0 Å². The van der Waals surface area contributed by atoms with E-state index >= 15 is 0 Å². The number of ether oxygens (including phenoxy) is 5. The van der Waals surface area contributed by atoms with Crippen molar-refractivity contribution in [2.45, 2.75) is 179 Å². The second kappa shape index (κ2) is 13.4. The van der Waals surface area contributed by atoms with Gasteiger partial charge in [-0.25, -0.2) is 0 Å². The lowest BCUT2D eigenvalue weighted by Crippen LogP contribution is -2.73. The van der Waals surface area contributed by atoms with Crippen molar-refractivity contribution in [2.75, 3.05) is 19.8 Å². The van der Waals surface area contributed by atoms with Gasteiger partial charge in [0.1, 0.15) is 42.7 Å². The van der Waals surface area contributed by atoms with Crippen LogP contribution in [0, 0.1) is 50.2 Å². The normalized spacial score (nSPS) is 59.7. The van der Waals surface area contributed by atoms with E-state index in [4.69, 9.17) is 23.7 Å². The molecule has 3 saturated heterocycles. The third kappa shape index (κ3) is 5.58. The number of rotatable bonds is 6. The van der Waals surface area contributed by atoms with Gasteiger partial charge in [0.2, 0.25) is 0 Å². The molecule has 21 atom stereocenters. The largest absolute Gasteiger partial charge is 0.396 e. The van der Waals surface area contributed by atoms with Gasteiger partial charge < -0.3 is 64.5 Å². The zero-order valence-electron chi connectivity index (χ0n) is 33.7. The summed E-state index contributed by atoms with van der Waals surface area (Å²) in [5.74, 6) is 0.419. The molecule has 8 rings (SSSR count). The molecular weight excluding hydrogens is 712 g/mol. The fraction of sp³-hybridized carbons (Fsp3) is 0.952. The smallest absolute Gasteiger partial charge is 0.187 e. The van der Waals surface area contributed by atoms with Crippen LogP contribution in [-0.2, 0) is 23.7 Å². The second-order valence-corrected chi connectivity index (χ2v) is 21.1. The summed E-state index contributed by atoms with van der Waals surface area (Å²) >= 11 is 0. The number of hydrogen-bond acceptors (Lipinski definition) is 13. The van der Waals surface area contributed by atoms with E-state index < -0.39 is 85.1 Å². The van der Waals surface area contributed by atoms with Gasteiger partial charge in [-0.05, 0) is 91.8 Å². The molecule has 0 unspecified atom stereocenters. The molecule has 0 aromatic heterocycles. The van der Waals surface area contributed by atoms with Crippen molar-refractivity contribution < 1.29 is 64.5 Å². The first kappa shape index (κ1) is 41.0. The molecule has 55 heavy (non-hydrogen) atoms. The van der Waals surface area contributed by atoms with Crippen LogP contribution in [-0.4, -0.2) is 140 Å². The van der Waals surface area contributed by atoms with Gasteiger partial charge in [0.25, 0.3) is 0 Å². The Morgan fingerprint density at radius 1 is 0.764 bits per heavy atom. The van der Waals surface area contributed by atoms with E-state index in [0.717, 1.165) is 32.1 Å². The van der Waals surface area contributed by atoms with Crippen LogP contribution in [0.25, 0.3) is 0 Å². The van der Waals surface area contributed by atoms with Gasteiger partial charge in [0, 0.05) is 23.4 Å². The van der Waals surface area contributed by atoms with Crippen LogP contribution in [0.5, 0.6) is 0 Å². The average molecular weight is 781 g/mol. The monoisotopic (exact) mass is 780 g/mol. The summed E-state index contributed by atoms with van der Waals surface area (Å²) in [7, 11) is 0. The zero-order valence-corrected chi connectivity index (χ0v) is 33.7. The van der Waals surface area contributed by atoms with Crippen molar-refractivity contribution >= 4 is 0 Å². The molecule has 314 valence electrons. The molecule has 1 spiro atoms. The van der Waals surface area contributed by atoms with Gasteiger partial charge in [0.15, 0.2) is 12.6 Å². The fourth-order valence-corrected chi connectivity index (χ4v) is 14.4. The Balaban J connectivity index is 1.05. The highest BCUT2D eigenvalue weighted by molar-refractivity contribution is 5.36. The van der Waals surface area contributed by atoms with Gasteiger partial charge in [0.05, 0.1) is 37.1 Å². The summed E-state index contributed by atoms with van der Waals surface area (Å²) in [5, 5.41) is 86.9. The van der Waals surface area contributed by atoms with Crippen molar-refractivity contribution in [2.24, 2.45) is 50.2 Å². The molecule has 0 aromatic rings. The van der Waals surface area contributed by atoms with E-state index in [1.807, 2.05) is 0 Å². The lowest BCUT2D eigenvalue weighted by atomic mass is 9.30. The summed E-state index contributed by atoms with van der Waals surface area (Å²) < 4.78 is 31.1. The molecule has 13 heteroatoms. The summed E-state index contributed by atoms with van der Waals surface area (Å²) in [6, 6.07) is 0. The number of allylic oxidation sites excluding steroid dienone is 1. The minimum atomic E-state index is -1.71. The molecule has 3 heterocycles. The van der Waals surface area contributed by atoms with E-state index in [-0.39, 0.29) is 57.5 Å². The molecule has 7 fully saturated rings. The van der Waals surface area contributed by atoms with E-state index in [9.17, 15) is 40.9 Å². The lowest BCUT2D eigenvalue weighted by Gasteiger charge is -2.74. The van der Waals surface area contributed by atoms with Gasteiger partial charge in [-0.2, -0.15) is 0 Å². The molecule has 8 aliphatic rings. The fourth-order valence-electron chi connectivity index (χ4n) is 14.4. The van der Waals surface area contributed by atoms with Crippen molar-refractivity contribution in [3.05, 3.63) is 12.2 Å². The topological polar surface area (TPSA) is 208 Å². The predicted molar refractivity (Wildman–Crippen MR) is 197 cm³/mol. The lowest BCUT2D eigenvalue weighted by molar-refractivity contribution is -0.363. The first-order valence-corrected chi connectivity index (χ1v) is 20.9. The Hall–Kier alpha value is -0.780. The van der Waals surface area contributed by atoms with E-state index in [0.29, 0.717) is 25.9 Å². The molecule has 2 bridgehead atoms. The van der Waals surface area contributed by atoms with Crippen LogP contribution < -0.4 is 0 Å². The summed E-state index contributed by atoms with van der Waals surface area (Å²) in [5.41, 5.74) is -1.93. The SMILES string of the molecule is C[C@@H]1O[C@H](O[C@H]2CC[C@@]3(C)[C@H](C2)[C@@](C)(CO)C[C@]2(C)[C@@H]3C=C[C@]34OC[C@@]5(CCC(C)(C)C[C@@H]53)[C@H](O)C[C@]42C)[C@@H](O)[C@H](O[C@@H]2O[C@H](CO)[C@@H](O)[C@H](O)[C@H]2O)[C@@H]1O. The molecular formula is C42H68O13. The molecule has 4 saturated carbocycles. The van der Waals surface area contributed by atoms with Crippen LogP contribution >= 0.6 is 0 Å². The highest BCUT2D eigenvalue weighted by atomic mass is 16.7. The predicted octanol–water partition coefficient (Wildman–Crippen LogP) is 1.78. The zero-order chi connectivity index (χ0) is 39.9. The van der Waals surface area contributed by atoms with Crippen LogP contribution in [0.1, 0.15) is 99.8 Å². The molecule has 0 radical (unpaired) electrons. The van der Waals surface area contributed by atoms with Crippen molar-refractivity contribution in [3.63, 3.8) is 0 Å². The van der Waals surface area contributed by atoms with Crippen LogP contribution in [0.4, 0.5) is 0 Å². The van der Waals surface area contributed by atoms with Gasteiger partial charge in [-0.1, -0.05) is 53.7 Å². The Morgan fingerprint density at radius 3 is 2.16 bits per heavy atom. The number of aliphatic hydroxyl groups is 8. The second-order valence-electron chi connectivity index (χ2n) is 21.1. The summed E-state index contributed by atoms with van der Waals surface area (Å²) in [6.45, 7) is 15.6. The van der Waals surface area contributed by atoms with E-state index in [1.165, 1.54) is 0 Å². The number of aliphatic hydroxyl groups excluding tert-OH is 8. The first-order chi connectivity index (χ1) is 25.7.